The van der Waals surface area contributed by atoms with Crippen molar-refractivity contribution in [1.29, 1.82) is 0 Å². The number of imidazole rings is 1. The van der Waals surface area contributed by atoms with Crippen LogP contribution in [-0.4, -0.2) is 35.9 Å². The standard InChI is InChI=1S/C25H18N6OS/c1-13-10-11-26-12-16(13)17-6-7-19-23(27-17)24(31-30-19)25-28-18-5-3-4-15(22(18)29-25)21-9-8-20(33-21)14(2)32/h3-12H,1-2H3,(H,28,29)(H,30,31). The summed E-state index contributed by atoms with van der Waals surface area (Å²) in [5.74, 6) is 0.703. The van der Waals surface area contributed by atoms with Crippen LogP contribution in [0.1, 0.15) is 22.2 Å². The Morgan fingerprint density at radius 3 is 2.67 bits per heavy atom. The summed E-state index contributed by atoms with van der Waals surface area (Å²) >= 11 is 1.48. The number of hydrogen-bond donors (Lipinski definition) is 2. The number of rotatable bonds is 4. The van der Waals surface area contributed by atoms with E-state index in [1.165, 1.54) is 11.3 Å². The van der Waals surface area contributed by atoms with Crippen molar-refractivity contribution >= 4 is 39.2 Å². The number of pyridine rings is 2. The molecule has 33 heavy (non-hydrogen) atoms. The molecule has 8 heteroatoms. The summed E-state index contributed by atoms with van der Waals surface area (Å²) in [4.78, 5) is 30.9. The van der Waals surface area contributed by atoms with Gasteiger partial charge in [-0.15, -0.1) is 11.3 Å². The first-order valence-electron chi connectivity index (χ1n) is 10.4. The van der Waals surface area contributed by atoms with Crippen molar-refractivity contribution < 1.29 is 4.79 Å². The molecule has 0 saturated heterocycles. The zero-order valence-corrected chi connectivity index (χ0v) is 18.7. The number of ketones is 1. The van der Waals surface area contributed by atoms with E-state index in [1.807, 2.05) is 61.7 Å². The summed E-state index contributed by atoms with van der Waals surface area (Å²) in [5, 5.41) is 7.57. The maximum Gasteiger partial charge on any atom is 0.169 e. The molecule has 0 aliphatic carbocycles. The van der Waals surface area contributed by atoms with Crippen molar-refractivity contribution in [3.8, 4) is 33.2 Å². The Kier molecular flexibility index (Phi) is 4.41. The molecule has 0 bridgehead atoms. The summed E-state index contributed by atoms with van der Waals surface area (Å²) in [6, 6.07) is 15.7. The molecule has 5 aromatic heterocycles. The molecule has 6 aromatic rings. The Balaban J connectivity index is 1.49. The number of benzene rings is 1. The molecule has 0 amide bonds. The summed E-state index contributed by atoms with van der Waals surface area (Å²) < 4.78 is 0. The Labute approximate surface area is 192 Å². The van der Waals surface area contributed by atoms with Gasteiger partial charge in [-0.1, -0.05) is 12.1 Å². The fourth-order valence-electron chi connectivity index (χ4n) is 3.96. The minimum absolute atomic E-state index is 0.0647. The number of nitrogens with zero attached hydrogens (tertiary/aromatic N) is 4. The number of carbonyl (C=O) groups excluding carboxylic acids is 1. The lowest BCUT2D eigenvalue weighted by molar-refractivity contribution is 0.102. The Morgan fingerprint density at radius 2 is 1.85 bits per heavy atom. The first-order chi connectivity index (χ1) is 16.1. The SMILES string of the molecule is CC(=O)c1ccc(-c2cccc3[nH]c(-c4n[nH]c5ccc(-c6cnccc6C)nc45)nc23)s1. The molecule has 0 saturated carbocycles. The Bertz CT molecular complexity index is 1680. The van der Waals surface area contributed by atoms with Gasteiger partial charge in [0.15, 0.2) is 17.3 Å². The van der Waals surface area contributed by atoms with E-state index in [0.717, 1.165) is 54.2 Å². The highest BCUT2D eigenvalue weighted by Gasteiger charge is 2.18. The van der Waals surface area contributed by atoms with E-state index < -0.39 is 0 Å². The smallest absolute Gasteiger partial charge is 0.169 e. The molecule has 0 fully saturated rings. The summed E-state index contributed by atoms with van der Waals surface area (Å²) in [7, 11) is 0. The number of hydrogen-bond acceptors (Lipinski definition) is 6. The minimum Gasteiger partial charge on any atom is -0.336 e. The van der Waals surface area contributed by atoms with Crippen LogP contribution in [0.3, 0.4) is 0 Å². The normalized spacial score (nSPS) is 11.5. The predicted molar refractivity (Wildman–Crippen MR) is 130 cm³/mol. The summed E-state index contributed by atoms with van der Waals surface area (Å²) in [6.07, 6.45) is 3.60. The minimum atomic E-state index is 0.0647. The predicted octanol–water partition coefficient (Wildman–Crippen LogP) is 5.80. The average molecular weight is 451 g/mol. The monoisotopic (exact) mass is 450 g/mol. The lowest BCUT2D eigenvalue weighted by atomic mass is 10.1. The van der Waals surface area contributed by atoms with E-state index in [2.05, 4.69) is 20.2 Å². The molecular formula is C25H18N6OS. The van der Waals surface area contributed by atoms with Gasteiger partial charge in [0.2, 0.25) is 0 Å². The van der Waals surface area contributed by atoms with Gasteiger partial charge >= 0.3 is 0 Å². The van der Waals surface area contributed by atoms with E-state index in [1.54, 1.807) is 13.1 Å². The van der Waals surface area contributed by atoms with Gasteiger partial charge in [-0.25, -0.2) is 9.97 Å². The lowest BCUT2D eigenvalue weighted by Crippen LogP contribution is -1.90. The van der Waals surface area contributed by atoms with E-state index in [0.29, 0.717) is 11.5 Å². The number of Topliss-reactive ketones (excluding diaryl/α,β-unsaturated/α-hetero) is 1. The fourth-order valence-corrected chi connectivity index (χ4v) is 4.89. The van der Waals surface area contributed by atoms with Crippen LogP contribution in [-0.2, 0) is 0 Å². The van der Waals surface area contributed by atoms with Crippen LogP contribution in [0.4, 0.5) is 0 Å². The number of aromatic amines is 2. The van der Waals surface area contributed by atoms with Gasteiger partial charge in [-0.3, -0.25) is 14.9 Å². The van der Waals surface area contributed by atoms with Crippen molar-refractivity contribution in [3.05, 3.63) is 71.4 Å². The first-order valence-corrected chi connectivity index (χ1v) is 11.3. The number of para-hydroxylation sites is 1. The number of aromatic nitrogens is 6. The highest BCUT2D eigenvalue weighted by Crippen LogP contribution is 2.35. The van der Waals surface area contributed by atoms with Crippen LogP contribution in [0.25, 0.3) is 55.3 Å². The number of carbonyl (C=O) groups is 1. The molecule has 6 rings (SSSR count). The third-order valence-corrected chi connectivity index (χ3v) is 6.90. The third-order valence-electron chi connectivity index (χ3n) is 5.68. The van der Waals surface area contributed by atoms with Gasteiger partial charge in [0.25, 0.3) is 0 Å². The zero-order chi connectivity index (χ0) is 22.5. The van der Waals surface area contributed by atoms with Crippen molar-refractivity contribution in [2.45, 2.75) is 13.8 Å². The van der Waals surface area contributed by atoms with E-state index >= 15 is 0 Å². The Hall–Kier alpha value is -4.17. The number of thiophene rings is 1. The molecule has 2 N–H and O–H groups in total. The topological polar surface area (TPSA) is 100 Å². The van der Waals surface area contributed by atoms with Crippen molar-refractivity contribution in [1.82, 2.24) is 30.1 Å². The van der Waals surface area contributed by atoms with Crippen LogP contribution in [0.15, 0.2) is 60.9 Å². The number of fused-ring (bicyclic) bond motifs is 2. The van der Waals surface area contributed by atoms with Crippen LogP contribution in [0.5, 0.6) is 0 Å². The maximum absolute atomic E-state index is 11.8. The van der Waals surface area contributed by atoms with Gasteiger partial charge in [0.1, 0.15) is 5.52 Å². The number of aryl methyl sites for hydroxylation is 1. The van der Waals surface area contributed by atoms with Gasteiger partial charge in [0.05, 0.1) is 27.1 Å². The molecule has 1 aromatic carbocycles. The second-order valence-electron chi connectivity index (χ2n) is 7.86. The largest absolute Gasteiger partial charge is 0.336 e. The summed E-state index contributed by atoms with van der Waals surface area (Å²) in [5.41, 5.74) is 7.87. The van der Waals surface area contributed by atoms with Crippen LogP contribution >= 0.6 is 11.3 Å². The fraction of sp³-hybridized carbons (Fsp3) is 0.0800. The lowest BCUT2D eigenvalue weighted by Gasteiger charge is -2.04. The molecular weight excluding hydrogens is 432 g/mol. The molecule has 0 aliphatic heterocycles. The quantitative estimate of drug-likeness (QED) is 0.331. The number of nitrogens with one attached hydrogen (secondary N) is 2. The zero-order valence-electron chi connectivity index (χ0n) is 17.9. The summed E-state index contributed by atoms with van der Waals surface area (Å²) in [6.45, 7) is 3.63. The molecule has 0 atom stereocenters. The number of H-pyrrole nitrogens is 2. The maximum atomic E-state index is 11.8. The second-order valence-corrected chi connectivity index (χ2v) is 8.95. The van der Waals surface area contributed by atoms with Crippen LogP contribution < -0.4 is 0 Å². The van der Waals surface area contributed by atoms with E-state index in [9.17, 15) is 4.79 Å². The van der Waals surface area contributed by atoms with E-state index in [-0.39, 0.29) is 5.78 Å². The second kappa shape index (κ2) is 7.46. The molecule has 5 heterocycles. The van der Waals surface area contributed by atoms with Crippen molar-refractivity contribution in [3.63, 3.8) is 0 Å². The molecule has 0 aliphatic rings. The van der Waals surface area contributed by atoms with Crippen molar-refractivity contribution in [2.24, 2.45) is 0 Å². The van der Waals surface area contributed by atoms with Crippen molar-refractivity contribution in [2.75, 3.05) is 0 Å². The molecule has 0 radical (unpaired) electrons. The molecule has 7 nitrogen and oxygen atoms in total. The first kappa shape index (κ1) is 19.5. The van der Waals surface area contributed by atoms with E-state index in [4.69, 9.17) is 9.97 Å². The Morgan fingerprint density at radius 1 is 0.939 bits per heavy atom. The van der Waals surface area contributed by atoms with Gasteiger partial charge < -0.3 is 4.98 Å². The molecule has 0 spiro atoms. The highest BCUT2D eigenvalue weighted by atomic mass is 32.1. The molecule has 160 valence electrons. The van der Waals surface area contributed by atoms with Gasteiger partial charge in [-0.05, 0) is 55.8 Å². The third kappa shape index (κ3) is 3.23. The van der Waals surface area contributed by atoms with Gasteiger partial charge in [-0.2, -0.15) is 5.10 Å². The van der Waals surface area contributed by atoms with Crippen LogP contribution in [0, 0.1) is 6.92 Å². The van der Waals surface area contributed by atoms with Gasteiger partial charge in [0, 0.05) is 28.4 Å². The molecule has 0 unspecified atom stereocenters. The highest BCUT2D eigenvalue weighted by molar-refractivity contribution is 7.17. The average Bonchev–Trinajstić information content (AvgIpc) is 3.56. The van der Waals surface area contributed by atoms with Crippen LogP contribution in [0.2, 0.25) is 0 Å².